The predicted molar refractivity (Wildman–Crippen MR) is 58.7 cm³/mol. The van der Waals surface area contributed by atoms with Gasteiger partial charge in [-0.2, -0.15) is 13.2 Å². The van der Waals surface area contributed by atoms with Crippen molar-refractivity contribution in [3.63, 3.8) is 0 Å². The fourth-order valence-electron chi connectivity index (χ4n) is 2.00. The normalized spacial score (nSPS) is 25.8. The van der Waals surface area contributed by atoms with E-state index in [0.29, 0.717) is 11.1 Å². The van der Waals surface area contributed by atoms with Crippen LogP contribution in [0, 0.1) is 0 Å². The lowest BCUT2D eigenvalue weighted by atomic mass is 9.99. The summed E-state index contributed by atoms with van der Waals surface area (Å²) in [4.78, 5) is 12.7. The summed E-state index contributed by atoms with van der Waals surface area (Å²) >= 11 is 0. The number of alkyl halides is 3. The molecule has 1 aliphatic rings. The minimum Gasteiger partial charge on any atom is -0.287 e. The topological polar surface area (TPSA) is 43.8 Å². The van der Waals surface area contributed by atoms with Gasteiger partial charge in [0.15, 0.2) is 0 Å². The fourth-order valence-corrected chi connectivity index (χ4v) is 2.00. The molecule has 0 bridgehead atoms. The van der Waals surface area contributed by atoms with Crippen LogP contribution in [0.15, 0.2) is 11.8 Å². The number of ketones is 1. The first kappa shape index (κ1) is 15.0. The van der Waals surface area contributed by atoms with Gasteiger partial charge in [0.1, 0.15) is 5.66 Å². The number of hydroxylamine groups is 2. The summed E-state index contributed by atoms with van der Waals surface area (Å²) in [7, 11) is 1.67. The first-order valence-corrected chi connectivity index (χ1v) is 5.39. The van der Waals surface area contributed by atoms with Gasteiger partial charge >= 0.3 is 6.18 Å². The highest BCUT2D eigenvalue weighted by molar-refractivity contribution is 5.95. The number of hydrogen-bond acceptors (Lipinski definition) is 4. The molecule has 1 N–H and O–H groups in total. The molecular formula is C11H17F3N2O2. The Morgan fingerprint density at radius 2 is 1.72 bits per heavy atom. The zero-order chi connectivity index (χ0) is 14.5. The van der Waals surface area contributed by atoms with Gasteiger partial charge in [0, 0.05) is 6.08 Å². The Labute approximate surface area is 104 Å². The largest absolute Gasteiger partial charge is 0.454 e. The molecule has 1 rings (SSSR count). The van der Waals surface area contributed by atoms with Gasteiger partial charge in [-0.1, -0.05) is 0 Å². The smallest absolute Gasteiger partial charge is 0.287 e. The van der Waals surface area contributed by atoms with Crippen molar-refractivity contribution in [2.24, 2.45) is 0 Å². The molecular weight excluding hydrogens is 249 g/mol. The maximum absolute atomic E-state index is 12.3. The Bertz CT molecular complexity index is 400. The number of rotatable bonds is 1. The van der Waals surface area contributed by atoms with Crippen molar-refractivity contribution < 1.29 is 23.2 Å². The predicted octanol–water partition coefficient (Wildman–Crippen LogP) is 2.15. The van der Waals surface area contributed by atoms with Crippen molar-refractivity contribution >= 4 is 5.78 Å². The maximum Gasteiger partial charge on any atom is 0.454 e. The Kier molecular flexibility index (Phi) is 3.29. The number of likely N-dealkylation sites (N-methyl/N-ethyl adjacent to an activating group) is 1. The third-order valence-electron chi connectivity index (χ3n) is 3.58. The second-order valence-corrected chi connectivity index (χ2v) is 5.32. The van der Waals surface area contributed by atoms with E-state index in [-0.39, 0.29) is 5.70 Å². The van der Waals surface area contributed by atoms with E-state index in [4.69, 9.17) is 0 Å². The molecule has 104 valence electrons. The number of carbonyl (C=O) groups excluding carboxylic acids is 1. The molecule has 18 heavy (non-hydrogen) atoms. The number of nitrogens with zero attached hydrogens (tertiary/aromatic N) is 2. The highest BCUT2D eigenvalue weighted by atomic mass is 19.4. The number of carbonyl (C=O) groups is 1. The van der Waals surface area contributed by atoms with Gasteiger partial charge in [-0.15, -0.1) is 0 Å². The summed E-state index contributed by atoms with van der Waals surface area (Å²) in [6, 6.07) is 0. The maximum atomic E-state index is 12.3. The summed E-state index contributed by atoms with van der Waals surface area (Å²) in [5.41, 5.74) is -1.84. The van der Waals surface area contributed by atoms with Crippen LogP contribution in [-0.2, 0) is 4.79 Å². The molecule has 7 heteroatoms. The van der Waals surface area contributed by atoms with Crippen molar-refractivity contribution in [2.45, 2.75) is 45.1 Å². The lowest BCUT2D eigenvalue weighted by Crippen LogP contribution is -2.48. The summed E-state index contributed by atoms with van der Waals surface area (Å²) in [5, 5.41) is 10.6. The molecule has 1 aliphatic heterocycles. The molecule has 0 amide bonds. The van der Waals surface area contributed by atoms with Crippen LogP contribution in [-0.4, -0.2) is 45.4 Å². The average Bonchev–Trinajstić information content (AvgIpc) is 2.30. The van der Waals surface area contributed by atoms with Crippen LogP contribution in [0.2, 0.25) is 0 Å². The fraction of sp³-hybridized carbons (Fsp3) is 0.727. The third kappa shape index (κ3) is 2.12. The van der Waals surface area contributed by atoms with Crippen molar-refractivity contribution in [1.29, 1.82) is 0 Å². The van der Waals surface area contributed by atoms with Crippen LogP contribution in [0.1, 0.15) is 27.7 Å². The summed E-state index contributed by atoms with van der Waals surface area (Å²) in [6.07, 6.45) is -4.49. The van der Waals surface area contributed by atoms with Crippen LogP contribution in [0.4, 0.5) is 13.2 Å². The molecule has 4 nitrogen and oxygen atoms in total. The van der Waals surface area contributed by atoms with E-state index in [1.807, 2.05) is 0 Å². The lowest BCUT2D eigenvalue weighted by Gasteiger charge is -2.35. The Morgan fingerprint density at radius 1 is 1.28 bits per heavy atom. The Morgan fingerprint density at radius 3 is 2.00 bits per heavy atom. The molecule has 0 saturated carbocycles. The highest BCUT2D eigenvalue weighted by Crippen LogP contribution is 2.42. The van der Waals surface area contributed by atoms with E-state index in [1.54, 1.807) is 39.6 Å². The standard InChI is InChI=1S/C11H17F3N2O2/c1-9(2)7(6-8(17)11(12,13)14)16(18)10(3,4)15(9)5/h6,18H,1-5H3/b7-6-. The van der Waals surface area contributed by atoms with Gasteiger partial charge in [-0.3, -0.25) is 14.9 Å². The molecule has 1 saturated heterocycles. The molecule has 0 aromatic heterocycles. The minimum absolute atomic E-state index is 0.0719. The molecule has 0 unspecified atom stereocenters. The molecule has 0 radical (unpaired) electrons. The number of halogens is 3. The van der Waals surface area contributed by atoms with E-state index in [1.165, 1.54) is 0 Å². The second-order valence-electron chi connectivity index (χ2n) is 5.32. The molecule has 0 spiro atoms. The zero-order valence-electron chi connectivity index (χ0n) is 11.0. The van der Waals surface area contributed by atoms with Crippen LogP contribution in [0.25, 0.3) is 0 Å². The van der Waals surface area contributed by atoms with Crippen molar-refractivity contribution in [3.05, 3.63) is 11.8 Å². The Balaban J connectivity index is 3.25. The van der Waals surface area contributed by atoms with E-state index in [0.717, 1.165) is 0 Å². The molecule has 0 aromatic rings. The highest BCUT2D eigenvalue weighted by Gasteiger charge is 2.52. The lowest BCUT2D eigenvalue weighted by molar-refractivity contribution is -0.166. The van der Waals surface area contributed by atoms with E-state index in [2.05, 4.69) is 0 Å². The first-order valence-electron chi connectivity index (χ1n) is 5.39. The SMILES string of the molecule is CN1C(C)(C)/C(=C/C(=O)C(F)(F)F)N(O)C1(C)C. The zero-order valence-corrected chi connectivity index (χ0v) is 11.0. The van der Waals surface area contributed by atoms with Gasteiger partial charge in [-0.05, 0) is 34.7 Å². The minimum atomic E-state index is -4.94. The average molecular weight is 266 g/mol. The van der Waals surface area contributed by atoms with E-state index >= 15 is 0 Å². The van der Waals surface area contributed by atoms with Crippen molar-refractivity contribution in [2.75, 3.05) is 7.05 Å². The monoisotopic (exact) mass is 266 g/mol. The van der Waals surface area contributed by atoms with Gasteiger partial charge in [-0.25, -0.2) is 5.06 Å². The van der Waals surface area contributed by atoms with Gasteiger partial charge in [0.2, 0.25) is 0 Å². The van der Waals surface area contributed by atoms with Gasteiger partial charge in [0.25, 0.3) is 5.78 Å². The van der Waals surface area contributed by atoms with Gasteiger partial charge in [0.05, 0.1) is 11.2 Å². The Hall–Kier alpha value is -1.08. The van der Waals surface area contributed by atoms with Crippen LogP contribution in [0.3, 0.4) is 0 Å². The van der Waals surface area contributed by atoms with Crippen LogP contribution in [0.5, 0.6) is 0 Å². The first-order chi connectivity index (χ1) is 7.83. The second kappa shape index (κ2) is 3.96. The van der Waals surface area contributed by atoms with Gasteiger partial charge < -0.3 is 0 Å². The molecule has 0 atom stereocenters. The molecule has 1 heterocycles. The number of hydrogen-bond donors (Lipinski definition) is 1. The summed E-state index contributed by atoms with van der Waals surface area (Å²) in [6.45, 7) is 6.57. The quantitative estimate of drug-likeness (QED) is 0.739. The van der Waals surface area contributed by atoms with Crippen LogP contribution < -0.4 is 0 Å². The van der Waals surface area contributed by atoms with Crippen molar-refractivity contribution in [1.82, 2.24) is 9.96 Å². The molecule has 0 aromatic carbocycles. The van der Waals surface area contributed by atoms with Crippen LogP contribution >= 0.6 is 0 Å². The molecule has 1 fully saturated rings. The summed E-state index contributed by atoms with van der Waals surface area (Å²) in [5.74, 6) is -1.98. The summed E-state index contributed by atoms with van der Waals surface area (Å²) < 4.78 is 36.8. The number of allylic oxidation sites excluding steroid dienone is 1. The van der Waals surface area contributed by atoms with E-state index < -0.39 is 23.2 Å². The molecule has 0 aliphatic carbocycles. The third-order valence-corrected chi connectivity index (χ3v) is 3.58. The van der Waals surface area contributed by atoms with E-state index in [9.17, 15) is 23.2 Å². The van der Waals surface area contributed by atoms with Crippen molar-refractivity contribution in [3.8, 4) is 0 Å².